The molecule has 0 aliphatic heterocycles. The highest BCUT2D eigenvalue weighted by molar-refractivity contribution is 9.09. The number of alkyl halides is 1. The molecule has 0 amide bonds. The molecule has 0 aliphatic carbocycles. The van der Waals surface area contributed by atoms with E-state index in [1.54, 1.807) is 7.11 Å². The van der Waals surface area contributed by atoms with Gasteiger partial charge in [-0.15, -0.1) is 0 Å². The minimum absolute atomic E-state index is 0.494. The van der Waals surface area contributed by atoms with Gasteiger partial charge in [-0.3, -0.25) is 0 Å². The second-order valence-electron chi connectivity index (χ2n) is 3.75. The summed E-state index contributed by atoms with van der Waals surface area (Å²) in [6, 6.07) is 0. The summed E-state index contributed by atoms with van der Waals surface area (Å²) in [5.41, 5.74) is 0.494. The Kier molecular flexibility index (Phi) is 7.16. The molecule has 0 spiro atoms. The fourth-order valence-corrected chi connectivity index (χ4v) is 1.81. The lowest BCUT2D eigenvalue weighted by atomic mass is 9.85. The molecule has 12 heavy (non-hydrogen) atoms. The molecule has 0 rings (SSSR count). The molecule has 74 valence electrons. The molecule has 0 radical (unpaired) electrons. The van der Waals surface area contributed by atoms with E-state index in [4.69, 9.17) is 4.74 Å². The highest BCUT2D eigenvalue weighted by Crippen LogP contribution is 2.29. The van der Waals surface area contributed by atoms with Gasteiger partial charge in [-0.25, -0.2) is 0 Å². The van der Waals surface area contributed by atoms with Crippen LogP contribution in [0.15, 0.2) is 0 Å². The van der Waals surface area contributed by atoms with Crippen molar-refractivity contribution in [3.05, 3.63) is 0 Å². The third kappa shape index (κ3) is 5.15. The monoisotopic (exact) mass is 236 g/mol. The van der Waals surface area contributed by atoms with Crippen molar-refractivity contribution in [3.8, 4) is 0 Å². The van der Waals surface area contributed by atoms with Crippen molar-refractivity contribution in [2.75, 3.05) is 19.0 Å². The van der Waals surface area contributed by atoms with E-state index in [9.17, 15) is 0 Å². The molecule has 1 unspecified atom stereocenters. The van der Waals surface area contributed by atoms with Crippen LogP contribution in [0.2, 0.25) is 0 Å². The van der Waals surface area contributed by atoms with Crippen LogP contribution in [0.1, 0.15) is 39.5 Å². The van der Waals surface area contributed by atoms with E-state index in [0.29, 0.717) is 5.41 Å². The molecule has 0 heterocycles. The molecular formula is C10H21BrO. The molecule has 2 heteroatoms. The van der Waals surface area contributed by atoms with Gasteiger partial charge in [0.2, 0.25) is 0 Å². The maximum absolute atomic E-state index is 5.01. The van der Waals surface area contributed by atoms with E-state index < -0.39 is 0 Å². The average Bonchev–Trinajstić information content (AvgIpc) is 2.12. The molecule has 1 nitrogen and oxygen atoms in total. The van der Waals surface area contributed by atoms with Crippen molar-refractivity contribution in [2.24, 2.45) is 5.41 Å². The lowest BCUT2D eigenvalue weighted by Gasteiger charge is -2.25. The zero-order chi connectivity index (χ0) is 9.45. The summed E-state index contributed by atoms with van der Waals surface area (Å²) in [4.78, 5) is 0. The van der Waals surface area contributed by atoms with E-state index in [1.165, 1.54) is 25.7 Å². The molecule has 0 aromatic carbocycles. The number of halogens is 1. The first-order valence-corrected chi connectivity index (χ1v) is 5.85. The Bertz CT molecular complexity index is 100. The number of ether oxygens (including phenoxy) is 1. The van der Waals surface area contributed by atoms with Crippen molar-refractivity contribution in [1.29, 1.82) is 0 Å². The fraction of sp³-hybridized carbons (Fsp3) is 1.00. The molecule has 0 bridgehead atoms. The first-order chi connectivity index (χ1) is 5.68. The van der Waals surface area contributed by atoms with Gasteiger partial charge in [0.15, 0.2) is 0 Å². The quantitative estimate of drug-likeness (QED) is 0.485. The summed E-state index contributed by atoms with van der Waals surface area (Å²) in [6.07, 6.45) is 5.03. The minimum Gasteiger partial charge on any atom is -0.385 e. The van der Waals surface area contributed by atoms with Crippen LogP contribution in [0.25, 0.3) is 0 Å². The maximum atomic E-state index is 5.01. The topological polar surface area (TPSA) is 9.23 Å². The zero-order valence-electron chi connectivity index (χ0n) is 8.53. The molecule has 1 atom stereocenters. The first kappa shape index (κ1) is 12.4. The van der Waals surface area contributed by atoms with Gasteiger partial charge in [0, 0.05) is 19.0 Å². The summed E-state index contributed by atoms with van der Waals surface area (Å²) in [6.45, 7) is 5.51. The Hall–Kier alpha value is 0.440. The van der Waals surface area contributed by atoms with Crippen LogP contribution in [0.3, 0.4) is 0 Å². The Balaban J connectivity index is 3.45. The molecule has 0 aliphatic rings. The van der Waals surface area contributed by atoms with Gasteiger partial charge in [0.05, 0.1) is 0 Å². The predicted octanol–water partition coefficient (Wildman–Crippen LogP) is 3.61. The van der Waals surface area contributed by atoms with Crippen LogP contribution < -0.4 is 0 Å². The van der Waals surface area contributed by atoms with E-state index in [0.717, 1.165) is 11.9 Å². The van der Waals surface area contributed by atoms with Crippen LogP contribution in [0, 0.1) is 5.41 Å². The minimum atomic E-state index is 0.494. The van der Waals surface area contributed by atoms with Crippen molar-refractivity contribution < 1.29 is 4.74 Å². The van der Waals surface area contributed by atoms with Crippen LogP contribution in [-0.2, 0) is 4.74 Å². The summed E-state index contributed by atoms with van der Waals surface area (Å²) < 4.78 is 5.01. The molecule has 0 aromatic rings. The molecular weight excluding hydrogens is 216 g/mol. The summed E-state index contributed by atoms with van der Waals surface area (Å²) >= 11 is 3.57. The summed E-state index contributed by atoms with van der Waals surface area (Å²) in [5.74, 6) is 0. The number of rotatable bonds is 7. The van der Waals surface area contributed by atoms with Crippen molar-refractivity contribution in [2.45, 2.75) is 39.5 Å². The van der Waals surface area contributed by atoms with Crippen LogP contribution in [-0.4, -0.2) is 19.0 Å². The van der Waals surface area contributed by atoms with Crippen molar-refractivity contribution in [3.63, 3.8) is 0 Å². The Morgan fingerprint density at radius 1 is 1.33 bits per heavy atom. The van der Waals surface area contributed by atoms with Crippen LogP contribution in [0.5, 0.6) is 0 Å². The maximum Gasteiger partial charge on any atom is 0.0462 e. The normalized spacial score (nSPS) is 16.0. The van der Waals surface area contributed by atoms with Gasteiger partial charge >= 0.3 is 0 Å². The van der Waals surface area contributed by atoms with Crippen LogP contribution >= 0.6 is 15.9 Å². The Morgan fingerprint density at radius 2 is 2.00 bits per heavy atom. The van der Waals surface area contributed by atoms with E-state index >= 15 is 0 Å². The van der Waals surface area contributed by atoms with E-state index in [-0.39, 0.29) is 0 Å². The SMILES string of the molecule is CCC(C)(CBr)CCCCOC. The fourth-order valence-electron chi connectivity index (χ4n) is 1.14. The van der Waals surface area contributed by atoms with Crippen molar-refractivity contribution >= 4 is 15.9 Å². The standard InChI is InChI=1S/C10H21BrO/c1-4-10(2,9-11)7-5-6-8-12-3/h4-9H2,1-3H3. The van der Waals surface area contributed by atoms with Gasteiger partial charge in [-0.2, -0.15) is 0 Å². The first-order valence-electron chi connectivity index (χ1n) is 4.73. The van der Waals surface area contributed by atoms with Gasteiger partial charge in [-0.05, 0) is 24.7 Å². The highest BCUT2D eigenvalue weighted by atomic mass is 79.9. The highest BCUT2D eigenvalue weighted by Gasteiger charge is 2.19. The number of unbranched alkanes of at least 4 members (excludes halogenated alkanes) is 1. The second-order valence-corrected chi connectivity index (χ2v) is 4.31. The molecule has 0 fully saturated rings. The van der Waals surface area contributed by atoms with Gasteiger partial charge < -0.3 is 4.74 Å². The third-order valence-electron chi connectivity index (χ3n) is 2.55. The molecule has 0 saturated heterocycles. The molecule has 0 aromatic heterocycles. The van der Waals surface area contributed by atoms with Gasteiger partial charge in [0.25, 0.3) is 0 Å². The van der Waals surface area contributed by atoms with Crippen LogP contribution in [0.4, 0.5) is 0 Å². The third-order valence-corrected chi connectivity index (χ3v) is 3.91. The average molecular weight is 237 g/mol. The second kappa shape index (κ2) is 6.90. The number of hydrogen-bond acceptors (Lipinski definition) is 1. The van der Waals surface area contributed by atoms with Crippen molar-refractivity contribution in [1.82, 2.24) is 0 Å². The van der Waals surface area contributed by atoms with E-state index in [1.807, 2.05) is 0 Å². The molecule has 0 N–H and O–H groups in total. The number of methoxy groups -OCH3 is 1. The summed E-state index contributed by atoms with van der Waals surface area (Å²) in [5, 5.41) is 1.11. The Labute approximate surface area is 85.0 Å². The van der Waals surface area contributed by atoms with Gasteiger partial charge in [-0.1, -0.05) is 36.2 Å². The largest absolute Gasteiger partial charge is 0.385 e. The lowest BCUT2D eigenvalue weighted by Crippen LogP contribution is -2.16. The lowest BCUT2D eigenvalue weighted by molar-refractivity contribution is 0.185. The van der Waals surface area contributed by atoms with Gasteiger partial charge in [0.1, 0.15) is 0 Å². The van der Waals surface area contributed by atoms with E-state index in [2.05, 4.69) is 29.8 Å². The molecule has 0 saturated carbocycles. The predicted molar refractivity (Wildman–Crippen MR) is 57.9 cm³/mol. The Morgan fingerprint density at radius 3 is 2.42 bits per heavy atom. The summed E-state index contributed by atoms with van der Waals surface area (Å²) in [7, 11) is 1.77. The number of hydrogen-bond donors (Lipinski definition) is 0. The zero-order valence-corrected chi connectivity index (χ0v) is 10.1. The smallest absolute Gasteiger partial charge is 0.0462 e.